The molecule has 2 amide bonds. The number of urea groups is 1. The van der Waals surface area contributed by atoms with Gasteiger partial charge in [0.25, 0.3) is 0 Å². The highest BCUT2D eigenvalue weighted by Crippen LogP contribution is 2.16. The zero-order valence-electron chi connectivity index (χ0n) is 17.0. The zero-order chi connectivity index (χ0) is 21.2. The Morgan fingerprint density at radius 1 is 1.10 bits per heavy atom. The first kappa shape index (κ1) is 22.5. The molecule has 0 unspecified atom stereocenters. The summed E-state index contributed by atoms with van der Waals surface area (Å²) < 4.78 is 0. The number of amides is 2. The maximum atomic E-state index is 12.5. The molecule has 1 saturated heterocycles. The number of halogens is 1. The SMILES string of the molecule is N#Cc1ccccc1CSCCNC(=O)N1CCCN(Cc2ccc(Cl)cc2)CC1. The van der Waals surface area contributed by atoms with Crippen molar-refractivity contribution in [2.45, 2.75) is 18.7 Å². The van der Waals surface area contributed by atoms with Crippen molar-refractivity contribution in [2.75, 3.05) is 38.5 Å². The fourth-order valence-corrected chi connectivity index (χ4v) is 4.45. The number of hydrogen-bond donors (Lipinski definition) is 1. The molecule has 0 radical (unpaired) electrons. The van der Waals surface area contributed by atoms with Crippen LogP contribution < -0.4 is 5.32 Å². The van der Waals surface area contributed by atoms with Gasteiger partial charge < -0.3 is 10.2 Å². The van der Waals surface area contributed by atoms with Gasteiger partial charge in [0.15, 0.2) is 0 Å². The molecular weight excluding hydrogens is 416 g/mol. The van der Waals surface area contributed by atoms with Crippen molar-refractivity contribution in [1.82, 2.24) is 15.1 Å². The van der Waals surface area contributed by atoms with Crippen molar-refractivity contribution in [2.24, 2.45) is 0 Å². The van der Waals surface area contributed by atoms with Gasteiger partial charge >= 0.3 is 6.03 Å². The lowest BCUT2D eigenvalue weighted by molar-refractivity contribution is 0.198. The highest BCUT2D eigenvalue weighted by atomic mass is 35.5. The van der Waals surface area contributed by atoms with E-state index < -0.39 is 0 Å². The Morgan fingerprint density at radius 3 is 2.70 bits per heavy atom. The first-order valence-corrected chi connectivity index (χ1v) is 11.7. The fourth-order valence-electron chi connectivity index (χ4n) is 3.46. The second kappa shape index (κ2) is 11.8. The van der Waals surface area contributed by atoms with E-state index >= 15 is 0 Å². The maximum Gasteiger partial charge on any atom is 0.317 e. The van der Waals surface area contributed by atoms with E-state index in [2.05, 4.69) is 28.4 Å². The Labute approximate surface area is 188 Å². The number of rotatable bonds is 7. The average Bonchev–Trinajstić information content (AvgIpc) is 3.01. The fraction of sp³-hybridized carbons (Fsp3) is 0.391. The van der Waals surface area contributed by atoms with Crippen LogP contribution in [0.4, 0.5) is 4.79 Å². The second-order valence-electron chi connectivity index (χ2n) is 7.30. The molecule has 0 spiro atoms. The molecule has 0 atom stereocenters. The van der Waals surface area contributed by atoms with Crippen molar-refractivity contribution in [3.05, 3.63) is 70.2 Å². The molecular formula is C23H27ClN4OS. The average molecular weight is 443 g/mol. The summed E-state index contributed by atoms with van der Waals surface area (Å²) >= 11 is 7.69. The Morgan fingerprint density at radius 2 is 1.90 bits per heavy atom. The van der Waals surface area contributed by atoms with Gasteiger partial charge in [-0.3, -0.25) is 4.90 Å². The molecule has 1 fully saturated rings. The van der Waals surface area contributed by atoms with Crippen molar-refractivity contribution < 1.29 is 4.79 Å². The van der Waals surface area contributed by atoms with Crippen LogP contribution in [-0.2, 0) is 12.3 Å². The number of nitriles is 1. The summed E-state index contributed by atoms with van der Waals surface area (Å²) in [6.07, 6.45) is 0.973. The molecule has 1 heterocycles. The Balaban J connectivity index is 1.35. The molecule has 2 aromatic carbocycles. The normalized spacial score (nSPS) is 14.7. The van der Waals surface area contributed by atoms with E-state index in [4.69, 9.17) is 16.9 Å². The monoisotopic (exact) mass is 442 g/mol. The van der Waals surface area contributed by atoms with Crippen molar-refractivity contribution in [3.63, 3.8) is 0 Å². The van der Waals surface area contributed by atoms with E-state index in [9.17, 15) is 4.79 Å². The van der Waals surface area contributed by atoms with Gasteiger partial charge in [-0.2, -0.15) is 17.0 Å². The van der Waals surface area contributed by atoms with E-state index in [1.54, 1.807) is 11.8 Å². The number of carbonyl (C=O) groups is 1. The van der Waals surface area contributed by atoms with Crippen molar-refractivity contribution in [1.29, 1.82) is 5.26 Å². The van der Waals surface area contributed by atoms with Crippen LogP contribution in [0.2, 0.25) is 5.02 Å². The minimum atomic E-state index is 0.0152. The molecule has 0 bridgehead atoms. The lowest BCUT2D eigenvalue weighted by atomic mass is 10.1. The van der Waals surface area contributed by atoms with E-state index in [-0.39, 0.29) is 6.03 Å². The predicted molar refractivity (Wildman–Crippen MR) is 124 cm³/mol. The molecule has 1 aliphatic heterocycles. The van der Waals surface area contributed by atoms with Gasteiger partial charge in [-0.1, -0.05) is 41.9 Å². The first-order chi connectivity index (χ1) is 14.7. The van der Waals surface area contributed by atoms with Gasteiger partial charge in [0.1, 0.15) is 0 Å². The number of carbonyl (C=O) groups excluding carboxylic acids is 1. The van der Waals surface area contributed by atoms with Crippen LogP contribution in [0.5, 0.6) is 0 Å². The highest BCUT2D eigenvalue weighted by Gasteiger charge is 2.18. The molecule has 30 heavy (non-hydrogen) atoms. The molecule has 2 aromatic rings. The molecule has 158 valence electrons. The maximum absolute atomic E-state index is 12.5. The van der Waals surface area contributed by atoms with Crippen LogP contribution in [0.25, 0.3) is 0 Å². The summed E-state index contributed by atoms with van der Waals surface area (Å²) in [6, 6.07) is 17.9. The third kappa shape index (κ3) is 6.94. The smallest absolute Gasteiger partial charge is 0.317 e. The van der Waals surface area contributed by atoms with Crippen LogP contribution in [0, 0.1) is 11.3 Å². The topological polar surface area (TPSA) is 59.4 Å². The molecule has 0 saturated carbocycles. The standard InChI is InChI=1S/C23H27ClN4OS/c24-22-8-6-19(7-9-22)17-27-11-3-12-28(14-13-27)23(29)26-10-15-30-18-21-5-2-1-4-20(21)16-25/h1-2,4-9H,3,10-15,17-18H2,(H,26,29). The summed E-state index contributed by atoms with van der Waals surface area (Å²) in [4.78, 5) is 16.8. The lowest BCUT2D eigenvalue weighted by Crippen LogP contribution is -2.42. The van der Waals surface area contributed by atoms with Gasteiger partial charge in [-0.15, -0.1) is 0 Å². The van der Waals surface area contributed by atoms with Crippen LogP contribution in [0.3, 0.4) is 0 Å². The third-order valence-corrected chi connectivity index (χ3v) is 6.37. The zero-order valence-corrected chi connectivity index (χ0v) is 18.6. The van der Waals surface area contributed by atoms with E-state index in [0.717, 1.165) is 66.8 Å². The van der Waals surface area contributed by atoms with Crippen LogP contribution in [0.15, 0.2) is 48.5 Å². The summed E-state index contributed by atoms with van der Waals surface area (Å²) in [5.41, 5.74) is 3.01. The Bertz CT molecular complexity index is 868. The van der Waals surface area contributed by atoms with Crippen molar-refractivity contribution in [3.8, 4) is 6.07 Å². The molecule has 1 aliphatic rings. The van der Waals surface area contributed by atoms with Gasteiger partial charge in [0.2, 0.25) is 0 Å². The predicted octanol–water partition coefficient (Wildman–Crippen LogP) is 4.36. The van der Waals surface area contributed by atoms with Gasteiger partial charge in [-0.05, 0) is 35.7 Å². The summed E-state index contributed by atoms with van der Waals surface area (Å²) in [7, 11) is 0. The first-order valence-electron chi connectivity index (χ1n) is 10.2. The molecule has 0 aliphatic carbocycles. The lowest BCUT2D eigenvalue weighted by Gasteiger charge is -2.22. The second-order valence-corrected chi connectivity index (χ2v) is 8.84. The molecule has 7 heteroatoms. The number of nitrogens with zero attached hydrogens (tertiary/aromatic N) is 3. The Kier molecular flexibility index (Phi) is 8.88. The van der Waals surface area contributed by atoms with E-state index in [1.165, 1.54) is 5.56 Å². The van der Waals surface area contributed by atoms with Crippen LogP contribution >= 0.6 is 23.4 Å². The third-order valence-electron chi connectivity index (χ3n) is 5.11. The largest absolute Gasteiger partial charge is 0.337 e. The number of benzene rings is 2. The minimum absolute atomic E-state index is 0.0152. The molecule has 3 rings (SSSR count). The van der Waals surface area contributed by atoms with Gasteiger partial charge in [-0.25, -0.2) is 4.79 Å². The van der Waals surface area contributed by atoms with Gasteiger partial charge in [0, 0.05) is 55.8 Å². The summed E-state index contributed by atoms with van der Waals surface area (Å²) in [5, 5.41) is 12.9. The molecule has 0 aromatic heterocycles. The number of thioether (sulfide) groups is 1. The van der Waals surface area contributed by atoms with Crippen molar-refractivity contribution >= 4 is 29.4 Å². The van der Waals surface area contributed by atoms with E-state index in [1.807, 2.05) is 41.3 Å². The Hall–Kier alpha value is -2.20. The van der Waals surface area contributed by atoms with Crippen LogP contribution in [0.1, 0.15) is 23.1 Å². The minimum Gasteiger partial charge on any atom is -0.337 e. The number of hydrogen-bond acceptors (Lipinski definition) is 4. The summed E-state index contributed by atoms with van der Waals surface area (Å²) in [6.45, 7) is 4.89. The van der Waals surface area contributed by atoms with E-state index in [0.29, 0.717) is 6.54 Å². The highest BCUT2D eigenvalue weighted by molar-refractivity contribution is 7.98. The molecule has 5 nitrogen and oxygen atoms in total. The molecule has 1 N–H and O–H groups in total. The van der Waals surface area contributed by atoms with Gasteiger partial charge in [0.05, 0.1) is 11.6 Å². The summed E-state index contributed by atoms with van der Waals surface area (Å²) in [5.74, 6) is 1.60. The quantitative estimate of drug-likeness (QED) is 0.647. The van der Waals surface area contributed by atoms with Crippen LogP contribution in [-0.4, -0.2) is 54.3 Å². The number of nitrogens with one attached hydrogen (secondary N) is 1.